The van der Waals surface area contributed by atoms with Crippen LogP contribution in [0, 0.1) is 0 Å². The summed E-state index contributed by atoms with van der Waals surface area (Å²) in [6.07, 6.45) is 4.20. The molecule has 9 heteroatoms. The molecule has 0 aliphatic heterocycles. The first-order valence-corrected chi connectivity index (χ1v) is 10.3. The average molecular weight is 405 g/mol. The maximum atomic E-state index is 11.2. The number of nitrogens with one attached hydrogen (secondary N) is 1. The van der Waals surface area contributed by atoms with E-state index in [9.17, 15) is 9.90 Å². The van der Waals surface area contributed by atoms with Gasteiger partial charge in [-0.3, -0.25) is 9.78 Å². The van der Waals surface area contributed by atoms with Crippen LogP contribution < -0.4 is 14.5 Å². The average Bonchev–Trinajstić information content (AvgIpc) is 3.00. The Kier molecular flexibility index (Phi) is 6.36. The molecule has 7 nitrogen and oxygen atoms in total. The number of hydrogen-bond acceptors (Lipinski definition) is 8. The van der Waals surface area contributed by atoms with Gasteiger partial charge in [-0.25, -0.2) is 9.97 Å². The second-order valence-electron chi connectivity index (χ2n) is 5.78. The van der Waals surface area contributed by atoms with Gasteiger partial charge in [-0.1, -0.05) is 35.2 Å². The summed E-state index contributed by atoms with van der Waals surface area (Å²) in [6, 6.07) is 9.51. The summed E-state index contributed by atoms with van der Waals surface area (Å²) in [4.78, 5) is 24.6. The van der Waals surface area contributed by atoms with Crippen molar-refractivity contribution < 1.29 is 9.84 Å². The largest absolute Gasteiger partial charge is 0.494 e. The first-order valence-electron chi connectivity index (χ1n) is 8.26. The van der Waals surface area contributed by atoms with Crippen LogP contribution in [0.1, 0.15) is 10.4 Å². The van der Waals surface area contributed by atoms with Crippen molar-refractivity contribution in [3.05, 3.63) is 56.6 Å². The van der Waals surface area contributed by atoms with Crippen LogP contribution in [0.25, 0.3) is 0 Å². The van der Waals surface area contributed by atoms with Gasteiger partial charge in [0.2, 0.25) is 5.88 Å². The number of thiazole rings is 1. The van der Waals surface area contributed by atoms with E-state index in [0.29, 0.717) is 24.4 Å². The molecule has 3 rings (SSSR count). The molecule has 2 aromatic heterocycles. The Bertz CT molecular complexity index is 940. The highest BCUT2D eigenvalue weighted by atomic mass is 32.2. The fourth-order valence-electron chi connectivity index (χ4n) is 2.42. The van der Waals surface area contributed by atoms with Gasteiger partial charge in [0.05, 0.1) is 11.4 Å². The monoisotopic (exact) mass is 404 g/mol. The fourth-order valence-corrected chi connectivity index (χ4v) is 3.53. The zero-order valence-electron chi connectivity index (χ0n) is 15.0. The van der Waals surface area contributed by atoms with Crippen LogP contribution in [0.15, 0.2) is 46.5 Å². The third kappa shape index (κ3) is 5.24. The van der Waals surface area contributed by atoms with Crippen molar-refractivity contribution in [2.75, 3.05) is 31.4 Å². The number of likely N-dealkylation sites (N-methyl/N-ethyl adjacent to an activating group) is 1. The third-order valence-corrected chi connectivity index (χ3v) is 5.31. The van der Waals surface area contributed by atoms with Gasteiger partial charge in [0.15, 0.2) is 5.16 Å². The minimum Gasteiger partial charge on any atom is -0.494 e. The second kappa shape index (κ2) is 8.92. The Balaban J connectivity index is 1.51. The molecule has 0 aliphatic rings. The number of ether oxygens (including phenoxy) is 1. The highest BCUT2D eigenvalue weighted by Gasteiger charge is 2.08. The Morgan fingerprint density at radius 2 is 2.07 bits per heavy atom. The van der Waals surface area contributed by atoms with E-state index in [1.54, 1.807) is 6.20 Å². The first-order chi connectivity index (χ1) is 13.0. The quantitative estimate of drug-likeness (QED) is 0.441. The number of anilines is 1. The number of aromatic hydroxyl groups is 1. The number of aromatic nitrogens is 3. The zero-order chi connectivity index (χ0) is 19.2. The summed E-state index contributed by atoms with van der Waals surface area (Å²) in [5, 5.41) is 10.4. The number of rotatable bonds is 8. The van der Waals surface area contributed by atoms with Gasteiger partial charge < -0.3 is 14.7 Å². The van der Waals surface area contributed by atoms with E-state index in [1.807, 2.05) is 48.5 Å². The molecule has 0 saturated heterocycles. The molecule has 2 heterocycles. The van der Waals surface area contributed by atoms with Crippen LogP contribution in [0.5, 0.6) is 11.6 Å². The van der Waals surface area contributed by atoms with E-state index in [2.05, 4.69) is 15.0 Å². The molecule has 0 radical (unpaired) electrons. The van der Waals surface area contributed by atoms with E-state index in [0.717, 1.165) is 33.6 Å². The summed E-state index contributed by atoms with van der Waals surface area (Å²) in [5.74, 6) is 1.58. The maximum absolute atomic E-state index is 11.2. The topological polar surface area (TPSA) is 91.3 Å². The molecule has 0 aliphatic carbocycles. The van der Waals surface area contributed by atoms with Gasteiger partial charge in [-0.15, -0.1) is 0 Å². The lowest BCUT2D eigenvalue weighted by atomic mass is 10.1. The molecule has 0 amide bonds. The van der Waals surface area contributed by atoms with E-state index >= 15 is 0 Å². The summed E-state index contributed by atoms with van der Waals surface area (Å²) in [6.45, 7) is 1.21. The highest BCUT2D eigenvalue weighted by Crippen LogP contribution is 2.22. The number of nitrogens with zero attached hydrogens (tertiary/aromatic N) is 3. The molecule has 0 unspecified atom stereocenters. The number of benzene rings is 1. The van der Waals surface area contributed by atoms with Gasteiger partial charge in [-0.05, 0) is 30.0 Å². The Hall–Kier alpha value is -2.52. The van der Waals surface area contributed by atoms with Gasteiger partial charge >= 0.3 is 4.87 Å². The van der Waals surface area contributed by atoms with Crippen LogP contribution in [-0.2, 0) is 6.42 Å². The van der Waals surface area contributed by atoms with Crippen LogP contribution in [0.3, 0.4) is 0 Å². The van der Waals surface area contributed by atoms with Gasteiger partial charge in [0.1, 0.15) is 18.2 Å². The lowest BCUT2D eigenvalue weighted by molar-refractivity contribution is 0.325. The number of H-pyrrole nitrogens is 1. The number of hydrogen-bond donors (Lipinski definition) is 2. The zero-order valence-corrected chi connectivity index (χ0v) is 16.6. The van der Waals surface area contributed by atoms with Crippen LogP contribution in [0.4, 0.5) is 5.82 Å². The second-order valence-corrected chi connectivity index (χ2v) is 7.62. The van der Waals surface area contributed by atoms with Crippen molar-refractivity contribution in [2.45, 2.75) is 11.6 Å². The van der Waals surface area contributed by atoms with Gasteiger partial charge in [0.25, 0.3) is 0 Å². The molecule has 0 saturated carbocycles. The molecule has 27 heavy (non-hydrogen) atoms. The summed E-state index contributed by atoms with van der Waals surface area (Å²) in [5.41, 5.74) is 0.996. The molecule has 0 spiro atoms. The SMILES string of the molecule is CSc1nccc(N(C)CCOc2ccc(Cc3sc(=O)[nH]c3O)cc2)n1. The van der Waals surface area contributed by atoms with E-state index in [4.69, 9.17) is 4.74 Å². The van der Waals surface area contributed by atoms with Crippen molar-refractivity contribution in [2.24, 2.45) is 0 Å². The summed E-state index contributed by atoms with van der Waals surface area (Å²) in [7, 11) is 1.97. The predicted molar refractivity (Wildman–Crippen MR) is 108 cm³/mol. The van der Waals surface area contributed by atoms with E-state index in [1.165, 1.54) is 11.8 Å². The molecular weight excluding hydrogens is 384 g/mol. The molecule has 3 aromatic rings. The Labute approximate surface area is 165 Å². The maximum Gasteiger partial charge on any atom is 0.307 e. The molecule has 0 bridgehead atoms. The Morgan fingerprint density at radius 3 is 2.74 bits per heavy atom. The van der Waals surface area contributed by atoms with E-state index < -0.39 is 0 Å². The van der Waals surface area contributed by atoms with Gasteiger partial charge in [-0.2, -0.15) is 0 Å². The minimum absolute atomic E-state index is 0.0530. The number of thioether (sulfide) groups is 1. The molecule has 142 valence electrons. The van der Waals surface area contributed by atoms with Gasteiger partial charge in [0, 0.05) is 19.7 Å². The van der Waals surface area contributed by atoms with Crippen molar-refractivity contribution >= 4 is 28.9 Å². The van der Waals surface area contributed by atoms with Crippen LogP contribution >= 0.6 is 23.1 Å². The Morgan fingerprint density at radius 1 is 1.30 bits per heavy atom. The van der Waals surface area contributed by atoms with Crippen molar-refractivity contribution in [3.63, 3.8) is 0 Å². The highest BCUT2D eigenvalue weighted by molar-refractivity contribution is 7.98. The first kappa shape index (κ1) is 19.2. The van der Waals surface area contributed by atoms with Crippen LogP contribution in [0.2, 0.25) is 0 Å². The van der Waals surface area contributed by atoms with Crippen molar-refractivity contribution in [1.82, 2.24) is 15.0 Å². The van der Waals surface area contributed by atoms with Crippen LogP contribution in [-0.4, -0.2) is 46.5 Å². The fraction of sp³-hybridized carbons (Fsp3) is 0.278. The summed E-state index contributed by atoms with van der Waals surface area (Å²) < 4.78 is 5.79. The lowest BCUT2D eigenvalue weighted by Gasteiger charge is -2.18. The predicted octanol–water partition coefficient (Wildman–Crippen LogP) is 2.76. The standard InChI is InChI=1S/C18H20N4O3S2/c1-22(15-7-8-19-17(20-15)26-2)9-10-25-13-5-3-12(4-6-13)11-14-16(23)21-18(24)27-14/h3-8,23H,9-11H2,1-2H3,(H,21,24). The number of aromatic amines is 1. The summed E-state index contributed by atoms with van der Waals surface area (Å²) >= 11 is 2.53. The normalized spacial score (nSPS) is 10.7. The minimum atomic E-state index is -0.250. The van der Waals surface area contributed by atoms with E-state index in [-0.39, 0.29) is 10.8 Å². The molecule has 0 fully saturated rings. The smallest absolute Gasteiger partial charge is 0.307 e. The molecule has 1 aromatic carbocycles. The molecular formula is C18H20N4O3S2. The lowest BCUT2D eigenvalue weighted by Crippen LogP contribution is -2.24. The van der Waals surface area contributed by atoms with Crippen molar-refractivity contribution in [1.29, 1.82) is 0 Å². The third-order valence-electron chi connectivity index (χ3n) is 3.88. The van der Waals surface area contributed by atoms with Crippen molar-refractivity contribution in [3.8, 4) is 11.6 Å². The molecule has 2 N–H and O–H groups in total. The molecule has 0 atom stereocenters.